The van der Waals surface area contributed by atoms with Gasteiger partial charge in [-0.25, -0.2) is 0 Å². The monoisotopic (exact) mass is 372 g/mol. The van der Waals surface area contributed by atoms with E-state index in [4.69, 9.17) is 4.74 Å². The summed E-state index contributed by atoms with van der Waals surface area (Å²) in [5, 5.41) is 40.0. The van der Waals surface area contributed by atoms with Crippen molar-refractivity contribution in [1.29, 1.82) is 0 Å². The number of rotatable bonds is 12. The summed E-state index contributed by atoms with van der Waals surface area (Å²) < 4.78 is 5.63. The lowest BCUT2D eigenvalue weighted by Gasteiger charge is -2.28. The number of hydrogen-bond acceptors (Lipinski definition) is 7. The van der Waals surface area contributed by atoms with Crippen LogP contribution in [0.1, 0.15) is 40.5 Å². The van der Waals surface area contributed by atoms with Crippen LogP contribution < -0.4 is 0 Å². The van der Waals surface area contributed by atoms with Crippen molar-refractivity contribution >= 4 is 11.6 Å². The van der Waals surface area contributed by atoms with E-state index in [1.54, 1.807) is 13.8 Å². The Labute approximate surface area is 154 Å². The van der Waals surface area contributed by atoms with Gasteiger partial charge in [0.1, 0.15) is 17.2 Å². The maximum Gasteiger partial charge on any atom is 0.148 e. The van der Waals surface area contributed by atoms with Crippen LogP contribution in [0.3, 0.4) is 0 Å². The molecule has 0 bridgehead atoms. The third-order valence-electron chi connectivity index (χ3n) is 5.25. The molecule has 1 fully saturated rings. The van der Waals surface area contributed by atoms with Crippen LogP contribution >= 0.6 is 0 Å². The highest BCUT2D eigenvalue weighted by Gasteiger charge is 2.61. The van der Waals surface area contributed by atoms with Crippen LogP contribution in [0.25, 0.3) is 0 Å². The maximum absolute atomic E-state index is 12.7. The molecule has 150 valence electrons. The zero-order valence-corrected chi connectivity index (χ0v) is 16.0. The molecular weight excluding hydrogens is 340 g/mol. The smallest absolute Gasteiger partial charge is 0.148 e. The third kappa shape index (κ3) is 4.98. The van der Waals surface area contributed by atoms with Crippen LogP contribution in [-0.4, -0.2) is 69.1 Å². The van der Waals surface area contributed by atoms with Crippen molar-refractivity contribution in [3.8, 4) is 0 Å². The molecule has 1 aliphatic heterocycles. The van der Waals surface area contributed by atoms with Crippen molar-refractivity contribution in [2.45, 2.75) is 64.4 Å². The molecule has 7 atom stereocenters. The summed E-state index contributed by atoms with van der Waals surface area (Å²) >= 11 is 0. The van der Waals surface area contributed by atoms with Crippen molar-refractivity contribution in [1.82, 2.24) is 0 Å². The van der Waals surface area contributed by atoms with Crippen molar-refractivity contribution in [3.05, 3.63) is 12.2 Å². The zero-order chi connectivity index (χ0) is 20.1. The Hall–Kier alpha value is -1.12. The topological polar surface area (TPSA) is 128 Å². The molecule has 0 radical (unpaired) electrons. The summed E-state index contributed by atoms with van der Waals surface area (Å²) in [4.78, 5) is 24.2. The Kier molecular flexibility index (Phi) is 8.56. The summed E-state index contributed by atoms with van der Waals surface area (Å²) in [6.45, 7) is 5.79. The fraction of sp³-hybridized carbons (Fsp3) is 0.789. The van der Waals surface area contributed by atoms with Gasteiger partial charge in [-0.2, -0.15) is 0 Å². The van der Waals surface area contributed by atoms with Gasteiger partial charge in [-0.3, -0.25) is 9.59 Å². The number of carbonyl (C=O) groups excluding carboxylic acids is 2. The molecule has 0 amide bonds. The minimum atomic E-state index is -1.35. The molecule has 2 unspecified atom stereocenters. The molecule has 0 aromatic heterocycles. The molecule has 0 aromatic carbocycles. The molecule has 0 aromatic rings. The minimum Gasteiger partial charge on any atom is -0.396 e. The van der Waals surface area contributed by atoms with Gasteiger partial charge in [0.05, 0.1) is 43.4 Å². The van der Waals surface area contributed by atoms with Gasteiger partial charge >= 0.3 is 0 Å². The SMILES string of the molecule is CC=C[C@H](C)[C@H]1OC1(C)[C@@H](O)[C@@H](CO)C(=O)[C@@H](CO)C(O)CC(=O)CC. The molecule has 26 heavy (non-hydrogen) atoms. The lowest BCUT2D eigenvalue weighted by molar-refractivity contribution is -0.140. The Morgan fingerprint density at radius 3 is 2.23 bits per heavy atom. The second-order valence-corrected chi connectivity index (χ2v) is 7.20. The highest BCUT2D eigenvalue weighted by Crippen LogP contribution is 2.46. The number of Topliss-reactive ketones (excluding diaryl/α,β-unsaturated/α-hetero) is 2. The van der Waals surface area contributed by atoms with E-state index >= 15 is 0 Å². The van der Waals surface area contributed by atoms with Gasteiger partial charge in [-0.05, 0) is 13.8 Å². The maximum atomic E-state index is 12.7. The molecule has 7 nitrogen and oxygen atoms in total. The first kappa shape index (κ1) is 22.9. The molecule has 0 saturated carbocycles. The summed E-state index contributed by atoms with van der Waals surface area (Å²) in [5.41, 5.74) is -0.994. The standard InChI is InChI=1S/C19H32O7/c1-5-7-11(3)18-19(4,26-18)17(25)14(10-21)16(24)13(9-20)15(23)8-12(22)6-2/h5,7,11,13-15,17-18,20-21,23,25H,6,8-10H2,1-4H3/t11-,13-,14-,15?,17-,18+,19?/m0/s1. The van der Waals surface area contributed by atoms with Gasteiger partial charge < -0.3 is 25.2 Å². The third-order valence-corrected chi connectivity index (χ3v) is 5.25. The van der Waals surface area contributed by atoms with Crippen molar-refractivity contribution < 1.29 is 34.8 Å². The number of allylic oxidation sites excluding steroid dienone is 1. The van der Waals surface area contributed by atoms with Gasteiger partial charge in [0.25, 0.3) is 0 Å². The van der Waals surface area contributed by atoms with E-state index in [1.165, 1.54) is 0 Å². The Morgan fingerprint density at radius 2 is 1.77 bits per heavy atom. The first-order chi connectivity index (χ1) is 12.2. The fourth-order valence-corrected chi connectivity index (χ4v) is 3.45. The predicted molar refractivity (Wildman–Crippen MR) is 95.3 cm³/mol. The highest BCUT2D eigenvalue weighted by atomic mass is 16.6. The van der Waals surface area contributed by atoms with Crippen LogP contribution in [-0.2, 0) is 14.3 Å². The lowest BCUT2D eigenvalue weighted by Crippen LogP contribution is -2.47. The van der Waals surface area contributed by atoms with Crippen LogP contribution in [0.2, 0.25) is 0 Å². The van der Waals surface area contributed by atoms with E-state index in [1.807, 2.05) is 26.0 Å². The molecule has 1 aliphatic rings. The van der Waals surface area contributed by atoms with Crippen LogP contribution in [0.5, 0.6) is 0 Å². The number of aliphatic hydroxyl groups excluding tert-OH is 4. The largest absolute Gasteiger partial charge is 0.396 e. The number of aliphatic hydroxyl groups is 4. The first-order valence-electron chi connectivity index (χ1n) is 9.11. The zero-order valence-electron chi connectivity index (χ0n) is 16.0. The van der Waals surface area contributed by atoms with Crippen LogP contribution in [0, 0.1) is 17.8 Å². The molecule has 4 N–H and O–H groups in total. The Morgan fingerprint density at radius 1 is 1.19 bits per heavy atom. The number of ketones is 2. The van der Waals surface area contributed by atoms with E-state index in [0.29, 0.717) is 0 Å². The molecule has 1 heterocycles. The highest BCUT2D eigenvalue weighted by molar-refractivity contribution is 5.86. The van der Waals surface area contributed by atoms with E-state index in [-0.39, 0.29) is 30.6 Å². The van der Waals surface area contributed by atoms with Gasteiger partial charge in [-0.1, -0.05) is 26.0 Å². The molecule has 1 saturated heterocycles. The van der Waals surface area contributed by atoms with Crippen molar-refractivity contribution in [3.63, 3.8) is 0 Å². The van der Waals surface area contributed by atoms with Crippen LogP contribution in [0.15, 0.2) is 12.2 Å². The van der Waals surface area contributed by atoms with Gasteiger partial charge in [0.15, 0.2) is 0 Å². The van der Waals surface area contributed by atoms with Gasteiger partial charge in [0, 0.05) is 18.8 Å². The quantitative estimate of drug-likeness (QED) is 0.285. The van der Waals surface area contributed by atoms with E-state index in [9.17, 15) is 30.0 Å². The Balaban J connectivity index is 2.88. The van der Waals surface area contributed by atoms with Crippen molar-refractivity contribution in [2.75, 3.05) is 13.2 Å². The summed E-state index contributed by atoms with van der Waals surface area (Å²) in [6, 6.07) is 0. The average Bonchev–Trinajstić information content (AvgIpc) is 3.29. The fourth-order valence-electron chi connectivity index (χ4n) is 3.45. The van der Waals surface area contributed by atoms with Crippen LogP contribution in [0.4, 0.5) is 0 Å². The molecule has 7 heteroatoms. The summed E-state index contributed by atoms with van der Waals surface area (Å²) in [7, 11) is 0. The molecular formula is C19H32O7. The first-order valence-corrected chi connectivity index (χ1v) is 9.11. The summed E-state index contributed by atoms with van der Waals surface area (Å²) in [5.74, 6) is -3.34. The summed E-state index contributed by atoms with van der Waals surface area (Å²) in [6.07, 6.45) is 0.816. The van der Waals surface area contributed by atoms with Gasteiger partial charge in [-0.15, -0.1) is 0 Å². The molecule has 1 rings (SSSR count). The second kappa shape index (κ2) is 9.71. The predicted octanol–water partition coefficient (Wildman–Crippen LogP) is 0.233. The van der Waals surface area contributed by atoms with E-state index in [0.717, 1.165) is 0 Å². The number of hydrogen-bond donors (Lipinski definition) is 4. The number of ether oxygens (including phenoxy) is 1. The lowest BCUT2D eigenvalue weighted by atomic mass is 9.79. The van der Waals surface area contributed by atoms with Gasteiger partial charge in [0.2, 0.25) is 0 Å². The molecule has 0 aliphatic carbocycles. The normalized spacial score (nSPS) is 28.4. The second-order valence-electron chi connectivity index (χ2n) is 7.20. The Bertz CT molecular complexity index is 518. The van der Waals surface area contributed by atoms with Crippen molar-refractivity contribution in [2.24, 2.45) is 17.8 Å². The van der Waals surface area contributed by atoms with E-state index in [2.05, 4.69) is 0 Å². The minimum absolute atomic E-state index is 0.0236. The number of carbonyl (C=O) groups is 2. The number of epoxide rings is 1. The average molecular weight is 372 g/mol. The molecule has 0 spiro atoms. The van der Waals surface area contributed by atoms with E-state index < -0.39 is 48.6 Å².